The summed E-state index contributed by atoms with van der Waals surface area (Å²) in [4.78, 5) is 25.8. The zero-order valence-electron chi connectivity index (χ0n) is 17.8. The average molecular weight is 430 g/mol. The minimum atomic E-state index is -0.436. The number of hydrogen-bond donors (Lipinski definition) is 0. The normalized spacial score (nSPS) is 11.4. The van der Waals surface area contributed by atoms with Crippen molar-refractivity contribution in [3.05, 3.63) is 118 Å². The Bertz CT molecular complexity index is 1750. The highest BCUT2D eigenvalue weighted by Crippen LogP contribution is 2.41. The van der Waals surface area contributed by atoms with Crippen LogP contribution in [0.25, 0.3) is 43.8 Å². The molecule has 0 N–H and O–H groups in total. The molecule has 0 unspecified atom stereocenters. The molecule has 0 aliphatic rings. The molecular weight excluding hydrogens is 412 g/mol. The molecule has 0 fully saturated rings. The number of fused-ring (bicyclic) bond motifs is 4. The highest BCUT2D eigenvalue weighted by atomic mass is 16.4. The van der Waals surface area contributed by atoms with E-state index in [9.17, 15) is 9.59 Å². The van der Waals surface area contributed by atoms with Gasteiger partial charge < -0.3 is 8.83 Å². The topological polar surface area (TPSA) is 60.4 Å². The molecule has 6 rings (SSSR count). The van der Waals surface area contributed by atoms with Crippen molar-refractivity contribution in [3.63, 3.8) is 0 Å². The summed E-state index contributed by atoms with van der Waals surface area (Å²) < 4.78 is 11.8. The van der Waals surface area contributed by atoms with E-state index in [0.29, 0.717) is 27.7 Å². The number of rotatable bonds is 3. The molecule has 0 saturated heterocycles. The van der Waals surface area contributed by atoms with E-state index < -0.39 is 5.63 Å². The Kier molecular flexibility index (Phi) is 4.27. The quantitative estimate of drug-likeness (QED) is 0.226. The standard InChI is InChI=1S/C29H18O4/c1-17-15-24(30)33-28-22(17)13-14-23-26(28)25(21-12-11-18-7-5-6-10-20(18)16-21)29(32-23)27(31)19-8-3-2-4-9-19/h2-16H,1H3. The molecule has 4 nitrogen and oxygen atoms in total. The van der Waals surface area contributed by atoms with Gasteiger partial charge in [-0.05, 0) is 47.0 Å². The molecule has 0 spiro atoms. The summed E-state index contributed by atoms with van der Waals surface area (Å²) >= 11 is 0. The van der Waals surface area contributed by atoms with Gasteiger partial charge in [-0.15, -0.1) is 0 Å². The van der Waals surface area contributed by atoms with E-state index in [1.165, 1.54) is 6.07 Å². The molecule has 0 radical (unpaired) electrons. The van der Waals surface area contributed by atoms with Crippen molar-refractivity contribution >= 4 is 38.5 Å². The summed E-state index contributed by atoms with van der Waals surface area (Å²) in [5, 5.41) is 3.57. The highest BCUT2D eigenvalue weighted by Gasteiger charge is 2.26. The van der Waals surface area contributed by atoms with Crippen LogP contribution in [0.5, 0.6) is 0 Å². The Balaban J connectivity index is 1.75. The lowest BCUT2D eigenvalue weighted by atomic mass is 9.95. The van der Waals surface area contributed by atoms with Crippen molar-refractivity contribution < 1.29 is 13.6 Å². The first-order chi connectivity index (χ1) is 16.1. The second-order valence-corrected chi connectivity index (χ2v) is 8.13. The third kappa shape index (κ3) is 3.07. The molecule has 0 aliphatic carbocycles. The summed E-state index contributed by atoms with van der Waals surface area (Å²) in [5.74, 6) is 0.00115. The van der Waals surface area contributed by atoms with E-state index in [-0.39, 0.29) is 11.5 Å². The molecule has 33 heavy (non-hydrogen) atoms. The average Bonchev–Trinajstić information content (AvgIpc) is 3.24. The molecule has 6 aromatic rings. The van der Waals surface area contributed by atoms with Gasteiger partial charge in [0.15, 0.2) is 5.76 Å². The van der Waals surface area contributed by atoms with Gasteiger partial charge in [0.25, 0.3) is 0 Å². The number of carbonyl (C=O) groups excluding carboxylic acids is 1. The molecule has 158 valence electrons. The van der Waals surface area contributed by atoms with Gasteiger partial charge in [0.2, 0.25) is 5.78 Å². The fourth-order valence-corrected chi connectivity index (χ4v) is 4.46. The summed E-state index contributed by atoms with van der Waals surface area (Å²) in [6.07, 6.45) is 0. The summed E-state index contributed by atoms with van der Waals surface area (Å²) in [7, 11) is 0. The molecule has 0 atom stereocenters. The minimum Gasteiger partial charge on any atom is -0.452 e. The van der Waals surface area contributed by atoms with Gasteiger partial charge in [0, 0.05) is 22.6 Å². The zero-order valence-corrected chi connectivity index (χ0v) is 17.8. The highest BCUT2D eigenvalue weighted by molar-refractivity contribution is 6.20. The van der Waals surface area contributed by atoms with Crippen molar-refractivity contribution in [2.45, 2.75) is 6.92 Å². The first kappa shape index (κ1) is 19.3. The fourth-order valence-electron chi connectivity index (χ4n) is 4.46. The third-order valence-electron chi connectivity index (χ3n) is 6.05. The van der Waals surface area contributed by atoms with Crippen molar-refractivity contribution in [1.29, 1.82) is 0 Å². The minimum absolute atomic E-state index is 0.224. The smallest absolute Gasteiger partial charge is 0.336 e. The maximum Gasteiger partial charge on any atom is 0.336 e. The lowest BCUT2D eigenvalue weighted by Crippen LogP contribution is -2.01. The SMILES string of the molecule is Cc1cc(=O)oc2c1ccc1oc(C(=O)c3ccccc3)c(-c3ccc4ccccc4c3)c12. The second-order valence-electron chi connectivity index (χ2n) is 8.13. The molecule has 0 aliphatic heterocycles. The van der Waals surface area contributed by atoms with Gasteiger partial charge in [0.05, 0.1) is 5.39 Å². The Hall–Kier alpha value is -4.44. The zero-order chi connectivity index (χ0) is 22.5. The van der Waals surface area contributed by atoms with E-state index in [1.54, 1.807) is 12.1 Å². The number of hydrogen-bond acceptors (Lipinski definition) is 4. The van der Waals surface area contributed by atoms with Gasteiger partial charge in [-0.25, -0.2) is 4.79 Å². The maximum absolute atomic E-state index is 13.6. The predicted octanol–water partition coefficient (Wildman–Crippen LogP) is 6.90. The number of furan rings is 1. The molecule has 2 aromatic heterocycles. The van der Waals surface area contributed by atoms with Gasteiger partial charge in [-0.1, -0.05) is 66.7 Å². The van der Waals surface area contributed by atoms with Crippen LogP contribution in [0, 0.1) is 6.92 Å². The van der Waals surface area contributed by atoms with E-state index in [4.69, 9.17) is 8.83 Å². The third-order valence-corrected chi connectivity index (χ3v) is 6.05. The van der Waals surface area contributed by atoms with Crippen LogP contribution in [0.2, 0.25) is 0 Å². The van der Waals surface area contributed by atoms with E-state index in [2.05, 4.69) is 0 Å². The van der Waals surface area contributed by atoms with Crippen LogP contribution in [0.15, 0.2) is 105 Å². The monoisotopic (exact) mass is 430 g/mol. The Labute approximate surface area is 188 Å². The van der Waals surface area contributed by atoms with Gasteiger partial charge in [0.1, 0.15) is 11.2 Å². The van der Waals surface area contributed by atoms with Gasteiger partial charge >= 0.3 is 5.63 Å². The lowest BCUT2D eigenvalue weighted by Gasteiger charge is -2.07. The van der Waals surface area contributed by atoms with E-state index in [0.717, 1.165) is 27.3 Å². The van der Waals surface area contributed by atoms with Crippen molar-refractivity contribution in [1.82, 2.24) is 0 Å². The molecule has 0 saturated carbocycles. The van der Waals surface area contributed by atoms with E-state index in [1.807, 2.05) is 79.7 Å². The number of ketones is 1. The van der Waals surface area contributed by atoms with Crippen LogP contribution in [0.4, 0.5) is 0 Å². The van der Waals surface area contributed by atoms with Crippen molar-refractivity contribution in [2.75, 3.05) is 0 Å². The molecule has 4 aromatic carbocycles. The van der Waals surface area contributed by atoms with Crippen molar-refractivity contribution in [3.8, 4) is 11.1 Å². The molecule has 2 heterocycles. The Morgan fingerprint density at radius 1 is 0.758 bits per heavy atom. The van der Waals surface area contributed by atoms with Crippen LogP contribution in [-0.4, -0.2) is 5.78 Å². The first-order valence-electron chi connectivity index (χ1n) is 10.7. The van der Waals surface area contributed by atoms with Gasteiger partial charge in [-0.2, -0.15) is 0 Å². The number of aryl methyl sites for hydroxylation is 1. The maximum atomic E-state index is 13.6. The largest absolute Gasteiger partial charge is 0.452 e. The van der Waals surface area contributed by atoms with Crippen LogP contribution < -0.4 is 5.63 Å². The van der Waals surface area contributed by atoms with Crippen LogP contribution in [0.1, 0.15) is 21.7 Å². The predicted molar refractivity (Wildman–Crippen MR) is 130 cm³/mol. The summed E-state index contributed by atoms with van der Waals surface area (Å²) in [5.41, 5.74) is 3.28. The Morgan fingerprint density at radius 3 is 2.33 bits per heavy atom. The fraction of sp³-hybridized carbons (Fsp3) is 0.0345. The molecule has 0 bridgehead atoms. The molecule has 0 amide bonds. The van der Waals surface area contributed by atoms with Gasteiger partial charge in [-0.3, -0.25) is 4.79 Å². The number of carbonyl (C=O) groups is 1. The summed E-state index contributed by atoms with van der Waals surface area (Å²) in [6.45, 7) is 1.87. The van der Waals surface area contributed by atoms with Crippen molar-refractivity contribution in [2.24, 2.45) is 0 Å². The molecular formula is C29H18O4. The van der Waals surface area contributed by atoms with Crippen LogP contribution >= 0.6 is 0 Å². The van der Waals surface area contributed by atoms with Crippen LogP contribution in [-0.2, 0) is 0 Å². The first-order valence-corrected chi connectivity index (χ1v) is 10.7. The number of benzene rings is 4. The molecule has 4 heteroatoms. The second kappa shape index (κ2) is 7.31. The van der Waals surface area contributed by atoms with Crippen LogP contribution in [0.3, 0.4) is 0 Å². The lowest BCUT2D eigenvalue weighted by molar-refractivity contribution is 0.101. The Morgan fingerprint density at radius 2 is 1.52 bits per heavy atom. The van der Waals surface area contributed by atoms with E-state index >= 15 is 0 Å². The summed E-state index contributed by atoms with van der Waals surface area (Å²) in [6, 6.07) is 28.3.